The largest absolute Gasteiger partial charge is 0.496 e. The quantitative estimate of drug-likeness (QED) is 0.732. The number of hydrogen-bond donors (Lipinski definition) is 3. The van der Waals surface area contributed by atoms with Gasteiger partial charge in [-0.2, -0.15) is 0 Å². The van der Waals surface area contributed by atoms with E-state index in [1.54, 1.807) is 7.11 Å². The third-order valence-corrected chi connectivity index (χ3v) is 3.44. The molecule has 0 aliphatic carbocycles. The molecular weight excluding hydrogens is 216 g/mol. The van der Waals surface area contributed by atoms with Crippen LogP contribution in [0.4, 0.5) is 0 Å². The Kier molecular flexibility index (Phi) is 2.53. The van der Waals surface area contributed by atoms with Gasteiger partial charge in [0.25, 0.3) is 0 Å². The summed E-state index contributed by atoms with van der Waals surface area (Å²) in [5.74, 6) is 0.901. The van der Waals surface area contributed by atoms with Crippen molar-refractivity contribution in [2.24, 2.45) is 0 Å². The zero-order chi connectivity index (χ0) is 11.8. The number of aliphatic hydroxyl groups is 1. The van der Waals surface area contributed by atoms with Gasteiger partial charge in [-0.15, -0.1) is 0 Å². The highest BCUT2D eigenvalue weighted by Gasteiger charge is 2.24. The lowest BCUT2D eigenvalue weighted by Gasteiger charge is -2.22. The molecule has 2 heterocycles. The van der Waals surface area contributed by atoms with Crippen LogP contribution in [0.2, 0.25) is 0 Å². The average Bonchev–Trinajstić information content (AvgIpc) is 2.76. The number of methoxy groups -OCH3 is 1. The molecule has 3 rings (SSSR count). The van der Waals surface area contributed by atoms with Crippen molar-refractivity contribution in [3.05, 3.63) is 29.5 Å². The molecular formula is C13H16N2O2. The zero-order valence-corrected chi connectivity index (χ0v) is 9.79. The van der Waals surface area contributed by atoms with Crippen LogP contribution in [0.5, 0.6) is 5.75 Å². The Labute approximate surface area is 99.6 Å². The third kappa shape index (κ3) is 1.52. The number of hydrogen-bond acceptors (Lipinski definition) is 3. The molecule has 1 unspecified atom stereocenters. The standard InChI is InChI=1S/C13H16N2O2/c1-17-11-4-2-3-9-12(11)8-5-6-14-10(7-16)13(8)15-9/h2-4,10,14-16H,5-7H2,1H3. The van der Waals surface area contributed by atoms with E-state index in [2.05, 4.69) is 10.3 Å². The number of fused-ring (bicyclic) bond motifs is 3. The molecule has 1 aliphatic rings. The molecule has 0 bridgehead atoms. The van der Waals surface area contributed by atoms with Crippen molar-refractivity contribution < 1.29 is 9.84 Å². The maximum absolute atomic E-state index is 9.38. The summed E-state index contributed by atoms with van der Waals surface area (Å²) < 4.78 is 5.42. The van der Waals surface area contributed by atoms with E-state index in [0.29, 0.717) is 0 Å². The molecule has 0 amide bonds. The minimum atomic E-state index is 0.0101. The monoisotopic (exact) mass is 232 g/mol. The van der Waals surface area contributed by atoms with Crippen LogP contribution in [-0.4, -0.2) is 30.4 Å². The van der Waals surface area contributed by atoms with Crippen LogP contribution in [0.3, 0.4) is 0 Å². The molecule has 3 N–H and O–H groups in total. The van der Waals surface area contributed by atoms with Gasteiger partial charge < -0.3 is 20.1 Å². The number of H-pyrrole nitrogens is 1. The number of ether oxygens (including phenoxy) is 1. The van der Waals surface area contributed by atoms with Crippen molar-refractivity contribution in [2.45, 2.75) is 12.5 Å². The maximum atomic E-state index is 9.38. The summed E-state index contributed by atoms with van der Waals surface area (Å²) in [7, 11) is 1.69. The molecule has 0 fully saturated rings. The highest BCUT2D eigenvalue weighted by molar-refractivity contribution is 5.91. The Balaban J connectivity index is 2.27. The molecule has 1 aromatic heterocycles. The van der Waals surface area contributed by atoms with Crippen LogP contribution in [0.15, 0.2) is 18.2 Å². The Morgan fingerprint density at radius 2 is 2.35 bits per heavy atom. The summed E-state index contributed by atoms with van der Waals surface area (Å²) >= 11 is 0. The zero-order valence-electron chi connectivity index (χ0n) is 9.79. The Morgan fingerprint density at radius 1 is 1.47 bits per heavy atom. The van der Waals surface area contributed by atoms with Gasteiger partial charge in [0, 0.05) is 16.6 Å². The molecule has 90 valence electrons. The SMILES string of the molecule is COc1cccc2[nH]c3c(c12)CCNC3CO. The van der Waals surface area contributed by atoms with E-state index in [4.69, 9.17) is 4.74 Å². The molecule has 0 radical (unpaired) electrons. The first-order valence-electron chi connectivity index (χ1n) is 5.87. The fourth-order valence-electron chi connectivity index (χ4n) is 2.66. The van der Waals surface area contributed by atoms with Crippen molar-refractivity contribution in [1.82, 2.24) is 10.3 Å². The average molecular weight is 232 g/mol. The lowest BCUT2D eigenvalue weighted by Crippen LogP contribution is -2.31. The predicted molar refractivity (Wildman–Crippen MR) is 66.4 cm³/mol. The fourth-order valence-corrected chi connectivity index (χ4v) is 2.66. The van der Waals surface area contributed by atoms with Crippen LogP contribution in [0.1, 0.15) is 17.3 Å². The van der Waals surface area contributed by atoms with Crippen LogP contribution in [-0.2, 0) is 6.42 Å². The summed E-state index contributed by atoms with van der Waals surface area (Å²) in [6.45, 7) is 1.01. The van der Waals surface area contributed by atoms with Crippen molar-refractivity contribution in [3.63, 3.8) is 0 Å². The second-order valence-corrected chi connectivity index (χ2v) is 4.34. The van der Waals surface area contributed by atoms with Gasteiger partial charge in [0.15, 0.2) is 0 Å². The van der Waals surface area contributed by atoms with Crippen LogP contribution in [0, 0.1) is 0 Å². The van der Waals surface area contributed by atoms with Crippen LogP contribution < -0.4 is 10.1 Å². The highest BCUT2D eigenvalue weighted by Crippen LogP contribution is 2.35. The summed E-state index contributed by atoms with van der Waals surface area (Å²) in [4.78, 5) is 3.39. The van der Waals surface area contributed by atoms with Crippen LogP contribution in [0.25, 0.3) is 10.9 Å². The molecule has 2 aromatic rings. The van der Waals surface area contributed by atoms with Gasteiger partial charge in [-0.05, 0) is 30.7 Å². The molecule has 0 spiro atoms. The van der Waals surface area contributed by atoms with Crippen LogP contribution >= 0.6 is 0 Å². The lowest BCUT2D eigenvalue weighted by molar-refractivity contribution is 0.238. The van der Waals surface area contributed by atoms with Gasteiger partial charge in [-0.1, -0.05) is 6.07 Å². The summed E-state index contributed by atoms with van der Waals surface area (Å²) in [5.41, 5.74) is 3.45. The number of aromatic nitrogens is 1. The normalized spacial score (nSPS) is 19.3. The van der Waals surface area contributed by atoms with Gasteiger partial charge in [0.2, 0.25) is 0 Å². The van der Waals surface area contributed by atoms with Crippen molar-refractivity contribution in [1.29, 1.82) is 0 Å². The topological polar surface area (TPSA) is 57.3 Å². The number of nitrogens with one attached hydrogen (secondary N) is 2. The van der Waals surface area contributed by atoms with E-state index in [1.165, 1.54) is 5.56 Å². The molecule has 4 heteroatoms. The summed E-state index contributed by atoms with van der Waals surface area (Å²) in [6, 6.07) is 6.01. The molecule has 1 atom stereocenters. The van der Waals surface area contributed by atoms with E-state index in [9.17, 15) is 5.11 Å². The predicted octanol–water partition coefficient (Wildman–Crippen LogP) is 1.36. The Hall–Kier alpha value is -1.52. The van der Waals surface area contributed by atoms with Gasteiger partial charge in [-0.25, -0.2) is 0 Å². The van der Waals surface area contributed by atoms with Crippen molar-refractivity contribution in [3.8, 4) is 5.75 Å². The number of aliphatic hydroxyl groups excluding tert-OH is 1. The minimum Gasteiger partial charge on any atom is -0.496 e. The second-order valence-electron chi connectivity index (χ2n) is 4.34. The molecule has 0 saturated carbocycles. The van der Waals surface area contributed by atoms with Gasteiger partial charge in [0.1, 0.15) is 5.75 Å². The first-order chi connectivity index (χ1) is 8.35. The van der Waals surface area contributed by atoms with Gasteiger partial charge in [0.05, 0.1) is 19.8 Å². The smallest absolute Gasteiger partial charge is 0.128 e. The van der Waals surface area contributed by atoms with E-state index in [-0.39, 0.29) is 12.6 Å². The van der Waals surface area contributed by atoms with E-state index < -0.39 is 0 Å². The Bertz CT molecular complexity index is 548. The number of aromatic amines is 1. The van der Waals surface area contributed by atoms with E-state index >= 15 is 0 Å². The minimum absolute atomic E-state index is 0.0101. The van der Waals surface area contributed by atoms with E-state index in [1.807, 2.05) is 18.2 Å². The highest BCUT2D eigenvalue weighted by atomic mass is 16.5. The number of benzene rings is 1. The van der Waals surface area contributed by atoms with Gasteiger partial charge >= 0.3 is 0 Å². The Morgan fingerprint density at radius 3 is 3.12 bits per heavy atom. The third-order valence-electron chi connectivity index (χ3n) is 3.44. The summed E-state index contributed by atoms with van der Waals surface area (Å²) in [6.07, 6.45) is 0.964. The van der Waals surface area contributed by atoms with E-state index in [0.717, 1.165) is 35.3 Å². The van der Waals surface area contributed by atoms with Crippen molar-refractivity contribution in [2.75, 3.05) is 20.3 Å². The molecule has 4 nitrogen and oxygen atoms in total. The maximum Gasteiger partial charge on any atom is 0.128 e. The fraction of sp³-hybridized carbons (Fsp3) is 0.385. The molecule has 0 saturated heterocycles. The number of rotatable bonds is 2. The molecule has 1 aliphatic heterocycles. The first kappa shape index (κ1) is 10.6. The lowest BCUT2D eigenvalue weighted by atomic mass is 9.99. The molecule has 17 heavy (non-hydrogen) atoms. The second kappa shape index (κ2) is 4.05. The molecule has 1 aromatic carbocycles. The van der Waals surface area contributed by atoms with Crippen molar-refractivity contribution >= 4 is 10.9 Å². The van der Waals surface area contributed by atoms with Gasteiger partial charge in [-0.3, -0.25) is 0 Å². The first-order valence-corrected chi connectivity index (χ1v) is 5.87. The summed E-state index contributed by atoms with van der Waals surface area (Å²) in [5, 5.41) is 13.8.